The van der Waals surface area contributed by atoms with Gasteiger partial charge in [-0.15, -0.1) is 6.42 Å². The molecule has 2 aromatic rings. The van der Waals surface area contributed by atoms with Gasteiger partial charge in [0.15, 0.2) is 23.2 Å². The molecule has 0 spiro atoms. The summed E-state index contributed by atoms with van der Waals surface area (Å²) in [5.41, 5.74) is 8.82. The van der Waals surface area contributed by atoms with Crippen molar-refractivity contribution in [3.05, 3.63) is 22.4 Å². The highest BCUT2D eigenvalue weighted by molar-refractivity contribution is 5.77. The van der Waals surface area contributed by atoms with Crippen LogP contribution in [0.5, 0.6) is 0 Å². The van der Waals surface area contributed by atoms with Crippen molar-refractivity contribution in [2.75, 3.05) is 12.3 Å². The molecule has 0 aromatic carbocycles. The van der Waals surface area contributed by atoms with E-state index < -0.39 is 42.0 Å². The maximum atomic E-state index is 14.1. The number of anilines is 1. The van der Waals surface area contributed by atoms with E-state index >= 15 is 0 Å². The number of fused-ring (bicyclic) bond motifs is 1. The van der Waals surface area contributed by atoms with Gasteiger partial charge in [0.25, 0.3) is 5.56 Å². The maximum Gasteiger partial charge on any atom is 0.264 e. The zero-order chi connectivity index (χ0) is 16.9. The number of aliphatic hydroxyl groups is 2. The van der Waals surface area contributed by atoms with Crippen LogP contribution in [0, 0.1) is 18.2 Å². The van der Waals surface area contributed by atoms with E-state index in [0.717, 1.165) is 10.8 Å². The van der Waals surface area contributed by atoms with E-state index in [4.69, 9.17) is 22.6 Å². The third-order valence-corrected chi connectivity index (χ3v) is 3.89. The molecule has 0 radical (unpaired) electrons. The Hall–Kier alpha value is -2.45. The molecule has 4 atom stereocenters. The Labute approximate surface area is 128 Å². The average Bonchev–Trinajstić information content (AvgIpc) is 2.95. The van der Waals surface area contributed by atoms with Gasteiger partial charge in [0.2, 0.25) is 5.95 Å². The maximum absolute atomic E-state index is 14.1. The lowest BCUT2D eigenvalue weighted by Gasteiger charge is -2.27. The summed E-state index contributed by atoms with van der Waals surface area (Å²) in [6.07, 6.45) is 2.61. The monoisotopic (exact) mass is 323 g/mol. The molecule has 9 nitrogen and oxygen atoms in total. The second kappa shape index (κ2) is 5.04. The molecule has 1 aliphatic heterocycles. The summed E-state index contributed by atoms with van der Waals surface area (Å²) in [4.78, 5) is 17.9. The van der Waals surface area contributed by atoms with Crippen molar-refractivity contribution in [1.82, 2.24) is 14.5 Å². The summed E-state index contributed by atoms with van der Waals surface area (Å²) >= 11 is 0. The Kier molecular flexibility index (Phi) is 3.38. The van der Waals surface area contributed by atoms with E-state index in [9.17, 15) is 19.4 Å². The van der Waals surface area contributed by atoms with Gasteiger partial charge in [-0.2, -0.15) is 4.98 Å². The fourth-order valence-corrected chi connectivity index (χ4v) is 2.71. The normalized spacial score (nSPS) is 30.7. The molecule has 1 fully saturated rings. The van der Waals surface area contributed by atoms with Crippen LogP contribution in [0.15, 0.2) is 11.0 Å². The van der Waals surface area contributed by atoms with E-state index in [2.05, 4.69) is 15.9 Å². The molecule has 3 rings (SSSR count). The number of aromatic amines is 1. The number of rotatable bonds is 2. The van der Waals surface area contributed by atoms with Crippen molar-refractivity contribution in [2.45, 2.75) is 24.0 Å². The van der Waals surface area contributed by atoms with Gasteiger partial charge < -0.3 is 26.4 Å². The minimum Gasteiger partial charge on any atom is -0.394 e. The highest BCUT2D eigenvalue weighted by Crippen LogP contribution is 2.38. The quantitative estimate of drug-likeness (QED) is 0.402. The first-order valence-corrected chi connectivity index (χ1v) is 6.60. The SMILES string of the molecule is C#CC1(N)[C@@H](O)[C@@H](CO)O[C@H]1n1cc(F)c2c(=O)[nH]c(N)nc21. The first-order valence-electron chi connectivity index (χ1n) is 6.60. The first kappa shape index (κ1) is 15.4. The second-order valence-corrected chi connectivity index (χ2v) is 5.27. The number of H-pyrrole nitrogens is 1. The van der Waals surface area contributed by atoms with Gasteiger partial charge in [-0.3, -0.25) is 14.3 Å². The largest absolute Gasteiger partial charge is 0.394 e. The molecular weight excluding hydrogens is 309 g/mol. The molecule has 122 valence electrons. The molecule has 3 heterocycles. The van der Waals surface area contributed by atoms with E-state index in [1.807, 2.05) is 0 Å². The van der Waals surface area contributed by atoms with Crippen LogP contribution in [-0.2, 0) is 4.74 Å². The molecule has 0 bridgehead atoms. The number of hydrogen-bond donors (Lipinski definition) is 5. The van der Waals surface area contributed by atoms with E-state index in [-0.39, 0.29) is 17.0 Å². The smallest absolute Gasteiger partial charge is 0.264 e. The number of nitrogens with zero attached hydrogens (tertiary/aromatic N) is 2. The van der Waals surface area contributed by atoms with Crippen LogP contribution in [0.3, 0.4) is 0 Å². The Balaban J connectivity index is 2.25. The van der Waals surface area contributed by atoms with Gasteiger partial charge in [-0.1, -0.05) is 5.92 Å². The number of nitrogens with two attached hydrogens (primary N) is 2. The van der Waals surface area contributed by atoms with Crippen LogP contribution in [0.1, 0.15) is 6.23 Å². The predicted octanol–water partition coefficient (Wildman–Crippen LogP) is -1.97. The number of nitrogens with one attached hydrogen (secondary N) is 1. The lowest BCUT2D eigenvalue weighted by molar-refractivity contribution is -0.0446. The molecule has 2 aromatic heterocycles. The Morgan fingerprint density at radius 2 is 2.35 bits per heavy atom. The molecule has 7 N–H and O–H groups in total. The summed E-state index contributed by atoms with van der Waals surface area (Å²) in [5, 5.41) is 19.1. The van der Waals surface area contributed by atoms with Crippen LogP contribution in [-0.4, -0.2) is 49.1 Å². The number of terminal acetylenes is 1. The van der Waals surface area contributed by atoms with Gasteiger partial charge in [0.1, 0.15) is 17.6 Å². The zero-order valence-corrected chi connectivity index (χ0v) is 11.7. The summed E-state index contributed by atoms with van der Waals surface area (Å²) in [5.74, 6) is 1.10. The molecular formula is C13H14FN5O4. The molecule has 23 heavy (non-hydrogen) atoms. The van der Waals surface area contributed by atoms with Gasteiger partial charge in [-0.05, 0) is 0 Å². The van der Waals surface area contributed by atoms with E-state index in [1.165, 1.54) is 0 Å². The molecule has 1 saturated heterocycles. The number of aliphatic hydroxyl groups excluding tert-OH is 2. The van der Waals surface area contributed by atoms with Crippen LogP contribution in [0.2, 0.25) is 0 Å². The number of nitrogen functional groups attached to an aromatic ring is 1. The minimum absolute atomic E-state index is 0.135. The molecule has 0 amide bonds. The van der Waals surface area contributed by atoms with Crippen molar-refractivity contribution in [3.8, 4) is 12.3 Å². The number of hydrogen-bond acceptors (Lipinski definition) is 7. The van der Waals surface area contributed by atoms with Crippen molar-refractivity contribution in [1.29, 1.82) is 0 Å². The molecule has 10 heteroatoms. The lowest BCUT2D eigenvalue weighted by atomic mass is 9.92. The summed E-state index contributed by atoms with van der Waals surface area (Å²) in [6.45, 7) is -0.546. The third-order valence-electron chi connectivity index (χ3n) is 3.89. The van der Waals surface area contributed by atoms with E-state index in [0.29, 0.717) is 0 Å². The van der Waals surface area contributed by atoms with Crippen molar-refractivity contribution >= 4 is 17.0 Å². The predicted molar refractivity (Wildman–Crippen MR) is 77.5 cm³/mol. The topological polar surface area (TPSA) is 152 Å². The molecule has 1 aliphatic rings. The first-order chi connectivity index (χ1) is 10.8. The van der Waals surface area contributed by atoms with Crippen LogP contribution in [0.25, 0.3) is 11.0 Å². The van der Waals surface area contributed by atoms with Crippen molar-refractivity contribution < 1.29 is 19.3 Å². The van der Waals surface area contributed by atoms with Crippen LogP contribution < -0.4 is 17.0 Å². The average molecular weight is 323 g/mol. The Morgan fingerprint density at radius 1 is 1.65 bits per heavy atom. The zero-order valence-electron chi connectivity index (χ0n) is 11.7. The van der Waals surface area contributed by atoms with Crippen LogP contribution in [0.4, 0.5) is 10.3 Å². The van der Waals surface area contributed by atoms with Gasteiger partial charge in [-0.25, -0.2) is 4.39 Å². The highest BCUT2D eigenvalue weighted by atomic mass is 19.1. The summed E-state index contributed by atoms with van der Waals surface area (Å²) < 4.78 is 20.6. The van der Waals surface area contributed by atoms with E-state index in [1.54, 1.807) is 0 Å². The van der Waals surface area contributed by atoms with Crippen LogP contribution >= 0.6 is 0 Å². The fourth-order valence-electron chi connectivity index (χ4n) is 2.71. The molecule has 0 saturated carbocycles. The summed E-state index contributed by atoms with van der Waals surface area (Å²) in [6, 6.07) is 0. The second-order valence-electron chi connectivity index (χ2n) is 5.27. The minimum atomic E-state index is -1.76. The van der Waals surface area contributed by atoms with Crippen molar-refractivity contribution in [3.63, 3.8) is 0 Å². The summed E-state index contributed by atoms with van der Waals surface area (Å²) in [7, 11) is 0. The van der Waals surface area contributed by atoms with Gasteiger partial charge >= 0.3 is 0 Å². The third kappa shape index (κ3) is 2.02. The standard InChI is InChI=1S/C13H14FN5O4/c1-2-13(16)8(21)6(4-20)23-11(13)19-3-5(14)7-9(19)17-12(15)18-10(7)22/h1,3,6,8,11,20-21H,4,16H2,(H3,15,17,18,22)/t6-,8+,11-,13?/m1/s1. The molecule has 1 unspecified atom stereocenters. The fraction of sp³-hybridized carbons (Fsp3) is 0.385. The lowest BCUT2D eigenvalue weighted by Crippen LogP contribution is -2.53. The van der Waals surface area contributed by atoms with Gasteiger partial charge in [0, 0.05) is 6.20 Å². The number of ether oxygens (including phenoxy) is 1. The van der Waals surface area contributed by atoms with Gasteiger partial charge in [0.05, 0.1) is 6.61 Å². The number of halogens is 1. The highest BCUT2D eigenvalue weighted by Gasteiger charge is 2.54. The molecule has 0 aliphatic carbocycles. The number of aromatic nitrogens is 3. The van der Waals surface area contributed by atoms with Crippen molar-refractivity contribution in [2.24, 2.45) is 5.73 Å². The Bertz CT molecular complexity index is 872. The Morgan fingerprint density at radius 3 is 2.96 bits per heavy atom.